The van der Waals surface area contributed by atoms with Crippen LogP contribution in [0.1, 0.15) is 45.1 Å². The van der Waals surface area contributed by atoms with Crippen molar-refractivity contribution in [3.8, 4) is 22.4 Å². The number of rotatable bonds is 5. The van der Waals surface area contributed by atoms with Crippen molar-refractivity contribution in [3.63, 3.8) is 0 Å². The maximum Gasteiger partial charge on any atom is 0.292 e. The maximum absolute atomic E-state index is 8.95. The number of hydrogen-bond donors (Lipinski definition) is 0. The summed E-state index contributed by atoms with van der Waals surface area (Å²) in [4.78, 5) is 13.7. The Balaban J connectivity index is 0.000000751. The average Bonchev–Trinajstić information content (AvgIpc) is 3.23. The molecule has 0 radical (unpaired) electrons. The van der Waals surface area contributed by atoms with Crippen LogP contribution in [0.5, 0.6) is 0 Å². The molecule has 0 saturated carbocycles. The Morgan fingerprint density at radius 1 is 1.00 bits per heavy atom. The normalized spacial score (nSPS) is 12.1. The number of benzene rings is 2. The molecule has 2 aromatic carbocycles. The molecule has 0 bridgehead atoms. The lowest BCUT2D eigenvalue weighted by Crippen LogP contribution is -2.22. The highest BCUT2D eigenvalue weighted by Crippen LogP contribution is 2.33. The predicted molar refractivity (Wildman–Crippen MR) is 136 cm³/mol. The number of methoxy groups -OCH3 is 1. The van der Waals surface area contributed by atoms with Crippen molar-refractivity contribution >= 4 is 23.7 Å². The number of fused-ring (bicyclic) bond motifs is 1. The van der Waals surface area contributed by atoms with Gasteiger partial charge in [-0.1, -0.05) is 60.1 Å². The van der Waals surface area contributed by atoms with E-state index in [0.29, 0.717) is 11.6 Å². The Bertz CT molecular complexity index is 1260. The van der Waals surface area contributed by atoms with Crippen molar-refractivity contribution in [2.75, 3.05) is 7.11 Å². The molecule has 1 atom stereocenters. The van der Waals surface area contributed by atoms with Gasteiger partial charge in [0.15, 0.2) is 5.65 Å². The van der Waals surface area contributed by atoms with E-state index in [4.69, 9.17) is 31.2 Å². The van der Waals surface area contributed by atoms with Crippen LogP contribution in [0, 0.1) is 6.92 Å². The number of ether oxygens (including phenoxy) is 2. The van der Waals surface area contributed by atoms with E-state index >= 15 is 0 Å². The molecular weight excluding hydrogens is 450 g/mol. The zero-order valence-corrected chi connectivity index (χ0v) is 21.1. The number of carbonyl (C=O) groups excluding carboxylic acids is 1. The fourth-order valence-corrected chi connectivity index (χ4v) is 4.19. The molecule has 2 aromatic heterocycles. The van der Waals surface area contributed by atoms with Gasteiger partial charge in [-0.05, 0) is 51.8 Å². The Morgan fingerprint density at radius 2 is 1.62 bits per heavy atom. The number of halogens is 1. The van der Waals surface area contributed by atoms with Crippen molar-refractivity contribution in [2.24, 2.45) is 0 Å². The summed E-state index contributed by atoms with van der Waals surface area (Å²) in [5.74, 6) is 0. The van der Waals surface area contributed by atoms with E-state index in [1.54, 1.807) is 4.52 Å². The lowest BCUT2D eigenvalue weighted by molar-refractivity contribution is -0.126. The lowest BCUT2D eigenvalue weighted by atomic mass is 10.0. The van der Waals surface area contributed by atoms with Gasteiger partial charge >= 0.3 is 0 Å². The summed E-state index contributed by atoms with van der Waals surface area (Å²) in [6, 6.07) is 20.6. The van der Waals surface area contributed by atoms with Gasteiger partial charge in [-0.2, -0.15) is 5.10 Å². The highest BCUT2D eigenvalue weighted by Gasteiger charge is 2.23. The number of aryl methyl sites for hydroxylation is 1. The van der Waals surface area contributed by atoms with Crippen LogP contribution < -0.4 is 0 Å². The maximum atomic E-state index is 8.95. The minimum atomic E-state index is -0.280. The molecule has 0 amide bonds. The van der Waals surface area contributed by atoms with Crippen molar-refractivity contribution < 1.29 is 14.3 Å². The quantitative estimate of drug-likeness (QED) is 0.235. The van der Waals surface area contributed by atoms with Crippen LogP contribution in [0.25, 0.3) is 28.0 Å². The number of carbonyl (C=O) groups is 1. The van der Waals surface area contributed by atoms with Gasteiger partial charge in [-0.3, -0.25) is 4.79 Å². The van der Waals surface area contributed by atoms with Gasteiger partial charge in [0.1, 0.15) is 5.15 Å². The molecule has 34 heavy (non-hydrogen) atoms. The Morgan fingerprint density at radius 3 is 2.24 bits per heavy atom. The number of nitrogens with zero attached hydrogens (tertiary/aromatic N) is 3. The second-order valence-corrected chi connectivity index (χ2v) is 9.21. The minimum absolute atomic E-state index is 0.191. The standard InChI is InChI=1S/C25H26ClN3O.C2H4O2/c1-16-23(17(2)30-25(3,4)5)24(26)29-22(27-16)15-21(28-29)20-13-9-12-19(14-20)18-10-7-6-8-11-18;1-4-2-3/h6-15,17H,1-5H3;2H,1H3. The van der Waals surface area contributed by atoms with E-state index in [9.17, 15) is 0 Å². The first-order valence-electron chi connectivity index (χ1n) is 11.0. The number of aromatic nitrogens is 3. The van der Waals surface area contributed by atoms with Gasteiger partial charge in [-0.15, -0.1) is 0 Å². The van der Waals surface area contributed by atoms with Gasteiger partial charge in [0, 0.05) is 22.9 Å². The molecule has 0 aliphatic rings. The van der Waals surface area contributed by atoms with Gasteiger partial charge in [0.25, 0.3) is 6.47 Å². The summed E-state index contributed by atoms with van der Waals surface area (Å²) in [7, 11) is 1.31. The van der Waals surface area contributed by atoms with Crippen LogP contribution in [0.2, 0.25) is 5.15 Å². The smallest absolute Gasteiger partial charge is 0.292 e. The summed E-state index contributed by atoms with van der Waals surface area (Å²) in [6.45, 7) is 10.4. The van der Waals surface area contributed by atoms with Gasteiger partial charge in [0.2, 0.25) is 0 Å². The van der Waals surface area contributed by atoms with Crippen molar-refractivity contribution in [3.05, 3.63) is 77.1 Å². The van der Waals surface area contributed by atoms with Crippen LogP contribution in [0.15, 0.2) is 60.7 Å². The Kier molecular flexibility index (Phi) is 8.07. The van der Waals surface area contributed by atoms with Crippen molar-refractivity contribution in [2.45, 2.75) is 46.3 Å². The first kappa shape index (κ1) is 25.4. The highest BCUT2D eigenvalue weighted by molar-refractivity contribution is 6.30. The fraction of sp³-hybridized carbons (Fsp3) is 0.296. The topological polar surface area (TPSA) is 65.7 Å². The molecule has 4 rings (SSSR count). The molecule has 4 aromatic rings. The van der Waals surface area contributed by atoms with E-state index in [1.165, 1.54) is 12.7 Å². The second-order valence-electron chi connectivity index (χ2n) is 8.85. The third kappa shape index (κ3) is 6.01. The van der Waals surface area contributed by atoms with Crippen LogP contribution in [0.3, 0.4) is 0 Å². The van der Waals surface area contributed by atoms with Crippen LogP contribution >= 0.6 is 11.6 Å². The van der Waals surface area contributed by atoms with Gasteiger partial charge in [0.05, 0.1) is 24.5 Å². The van der Waals surface area contributed by atoms with Crippen LogP contribution in [-0.2, 0) is 14.3 Å². The monoisotopic (exact) mass is 479 g/mol. The third-order valence-electron chi connectivity index (χ3n) is 5.07. The molecule has 178 valence electrons. The Labute approximate surface area is 205 Å². The van der Waals surface area contributed by atoms with E-state index in [-0.39, 0.29) is 11.7 Å². The summed E-state index contributed by atoms with van der Waals surface area (Å²) < 4.78 is 11.7. The van der Waals surface area contributed by atoms with Crippen molar-refractivity contribution in [1.82, 2.24) is 14.6 Å². The zero-order chi connectivity index (χ0) is 24.9. The van der Waals surface area contributed by atoms with Crippen molar-refractivity contribution in [1.29, 1.82) is 0 Å². The molecule has 0 spiro atoms. The Hall–Kier alpha value is -3.22. The third-order valence-corrected chi connectivity index (χ3v) is 5.43. The van der Waals surface area contributed by atoms with Crippen LogP contribution in [-0.4, -0.2) is 33.8 Å². The summed E-state index contributed by atoms with van der Waals surface area (Å²) in [5.41, 5.74) is 6.35. The molecule has 7 heteroatoms. The molecule has 1 unspecified atom stereocenters. The average molecular weight is 480 g/mol. The SMILES string of the molecule is COC=O.Cc1nc2cc(-c3cccc(-c4ccccc4)c3)nn2c(Cl)c1C(C)OC(C)(C)C. The zero-order valence-electron chi connectivity index (χ0n) is 20.4. The summed E-state index contributed by atoms with van der Waals surface area (Å²) in [6.07, 6.45) is -0.191. The molecule has 2 heterocycles. The lowest BCUT2D eigenvalue weighted by Gasteiger charge is -2.26. The molecule has 0 aliphatic carbocycles. The van der Waals surface area contributed by atoms with E-state index in [0.717, 1.165) is 33.7 Å². The summed E-state index contributed by atoms with van der Waals surface area (Å²) >= 11 is 6.78. The minimum Gasteiger partial charge on any atom is -0.471 e. The molecule has 0 aliphatic heterocycles. The molecule has 0 saturated heterocycles. The van der Waals surface area contributed by atoms with Gasteiger partial charge in [-0.25, -0.2) is 9.50 Å². The first-order valence-corrected chi connectivity index (χ1v) is 11.4. The molecule has 0 fully saturated rings. The summed E-state index contributed by atoms with van der Waals surface area (Å²) in [5, 5.41) is 5.31. The molecule has 0 N–H and O–H groups in total. The van der Waals surface area contributed by atoms with Crippen LogP contribution in [0.4, 0.5) is 0 Å². The van der Waals surface area contributed by atoms with E-state index < -0.39 is 0 Å². The largest absolute Gasteiger partial charge is 0.471 e. The molecule has 6 nitrogen and oxygen atoms in total. The van der Waals surface area contributed by atoms with E-state index in [2.05, 4.69) is 35.1 Å². The highest BCUT2D eigenvalue weighted by atomic mass is 35.5. The molecular formula is C27H30ClN3O3. The number of hydrogen-bond acceptors (Lipinski definition) is 5. The first-order chi connectivity index (χ1) is 16.1. The van der Waals surface area contributed by atoms with E-state index in [1.807, 2.05) is 65.0 Å². The predicted octanol–water partition coefficient (Wildman–Crippen LogP) is 6.69. The van der Waals surface area contributed by atoms with Gasteiger partial charge < -0.3 is 9.47 Å². The second kappa shape index (κ2) is 10.8. The fourth-order valence-electron chi connectivity index (χ4n) is 3.77.